The number of benzene rings is 2. The molecule has 0 spiro atoms. The van der Waals surface area contributed by atoms with Crippen LogP contribution in [-0.4, -0.2) is 18.0 Å². The van der Waals surface area contributed by atoms with Crippen molar-refractivity contribution in [3.8, 4) is 0 Å². The fraction of sp³-hybridized carbons (Fsp3) is 0.333. The van der Waals surface area contributed by atoms with Crippen molar-refractivity contribution in [1.82, 2.24) is 4.90 Å². The van der Waals surface area contributed by atoms with Crippen LogP contribution in [0.2, 0.25) is 10.0 Å². The SMILES string of the molecule is Clc1cccc(C(c2cccc(Cl)c2)N2CCCCC2)c1. The molecule has 0 atom stereocenters. The van der Waals surface area contributed by atoms with Gasteiger partial charge in [-0.2, -0.15) is 0 Å². The van der Waals surface area contributed by atoms with Crippen LogP contribution >= 0.6 is 23.2 Å². The zero-order valence-electron chi connectivity index (χ0n) is 11.9. The van der Waals surface area contributed by atoms with E-state index in [1.165, 1.54) is 30.4 Å². The highest BCUT2D eigenvalue weighted by Gasteiger charge is 2.24. The van der Waals surface area contributed by atoms with Crippen LogP contribution in [0, 0.1) is 0 Å². The second-order valence-corrected chi connectivity index (χ2v) is 6.48. The Labute approximate surface area is 136 Å². The van der Waals surface area contributed by atoms with Gasteiger partial charge in [0.15, 0.2) is 0 Å². The number of likely N-dealkylation sites (tertiary alicyclic amines) is 1. The molecule has 1 aliphatic rings. The number of nitrogens with zero attached hydrogens (tertiary/aromatic N) is 1. The van der Waals surface area contributed by atoms with Crippen LogP contribution in [0.3, 0.4) is 0 Å². The largest absolute Gasteiger partial charge is 0.292 e. The number of piperidine rings is 1. The van der Waals surface area contributed by atoms with Crippen molar-refractivity contribution in [2.75, 3.05) is 13.1 Å². The lowest BCUT2D eigenvalue weighted by atomic mass is 9.95. The Bertz CT molecular complexity index is 560. The molecule has 0 saturated carbocycles. The van der Waals surface area contributed by atoms with Gasteiger partial charge in [0.25, 0.3) is 0 Å². The first-order valence-corrected chi connectivity index (χ1v) is 8.24. The molecule has 1 aliphatic heterocycles. The maximum atomic E-state index is 6.20. The van der Waals surface area contributed by atoms with Crippen LogP contribution < -0.4 is 0 Å². The molecule has 21 heavy (non-hydrogen) atoms. The Morgan fingerprint density at radius 2 is 1.29 bits per heavy atom. The van der Waals surface area contributed by atoms with E-state index < -0.39 is 0 Å². The highest BCUT2D eigenvalue weighted by atomic mass is 35.5. The molecule has 1 heterocycles. The zero-order valence-corrected chi connectivity index (χ0v) is 13.4. The number of hydrogen-bond acceptors (Lipinski definition) is 1. The Balaban J connectivity index is 2.01. The van der Waals surface area contributed by atoms with Gasteiger partial charge in [-0.3, -0.25) is 4.90 Å². The molecule has 0 amide bonds. The van der Waals surface area contributed by atoms with Crippen LogP contribution in [0.5, 0.6) is 0 Å². The molecule has 3 heteroatoms. The van der Waals surface area contributed by atoms with Crippen molar-refractivity contribution in [3.05, 3.63) is 69.7 Å². The van der Waals surface area contributed by atoms with Crippen LogP contribution in [0.1, 0.15) is 36.4 Å². The molecule has 3 rings (SSSR count). The summed E-state index contributed by atoms with van der Waals surface area (Å²) >= 11 is 12.4. The minimum Gasteiger partial charge on any atom is -0.292 e. The summed E-state index contributed by atoms with van der Waals surface area (Å²) in [6.45, 7) is 2.26. The summed E-state index contributed by atoms with van der Waals surface area (Å²) in [6.07, 6.45) is 3.85. The Hall–Kier alpha value is -1.02. The van der Waals surface area contributed by atoms with Gasteiger partial charge >= 0.3 is 0 Å². The smallest absolute Gasteiger partial charge is 0.0602 e. The number of rotatable bonds is 3. The molecule has 0 unspecified atom stereocenters. The van der Waals surface area contributed by atoms with E-state index in [-0.39, 0.29) is 6.04 Å². The minimum absolute atomic E-state index is 0.239. The molecular weight excluding hydrogens is 301 g/mol. The van der Waals surface area contributed by atoms with Crippen molar-refractivity contribution in [1.29, 1.82) is 0 Å². The van der Waals surface area contributed by atoms with E-state index in [2.05, 4.69) is 29.2 Å². The molecule has 2 aromatic carbocycles. The quantitative estimate of drug-likeness (QED) is 0.715. The first-order valence-electron chi connectivity index (χ1n) is 7.49. The Morgan fingerprint density at radius 1 is 0.762 bits per heavy atom. The van der Waals surface area contributed by atoms with E-state index in [0.717, 1.165) is 23.1 Å². The van der Waals surface area contributed by atoms with Crippen LogP contribution in [-0.2, 0) is 0 Å². The topological polar surface area (TPSA) is 3.24 Å². The van der Waals surface area contributed by atoms with E-state index in [9.17, 15) is 0 Å². The summed E-state index contributed by atoms with van der Waals surface area (Å²) in [5.74, 6) is 0. The third-order valence-corrected chi connectivity index (χ3v) is 4.55. The van der Waals surface area contributed by atoms with Crippen LogP contribution in [0.25, 0.3) is 0 Å². The van der Waals surface area contributed by atoms with Gasteiger partial charge in [-0.15, -0.1) is 0 Å². The summed E-state index contributed by atoms with van der Waals surface area (Å²) < 4.78 is 0. The van der Waals surface area contributed by atoms with Gasteiger partial charge in [-0.1, -0.05) is 53.9 Å². The summed E-state index contributed by atoms with van der Waals surface area (Å²) in [4.78, 5) is 2.54. The number of halogens is 2. The van der Waals surface area contributed by atoms with E-state index in [1.807, 2.05) is 24.3 Å². The summed E-state index contributed by atoms with van der Waals surface area (Å²) in [5.41, 5.74) is 2.48. The highest BCUT2D eigenvalue weighted by Crippen LogP contribution is 2.33. The Morgan fingerprint density at radius 3 is 1.76 bits per heavy atom. The predicted octanol–water partition coefficient (Wildman–Crippen LogP) is 5.57. The first kappa shape index (κ1) is 14.9. The lowest BCUT2D eigenvalue weighted by Gasteiger charge is -2.35. The maximum Gasteiger partial charge on any atom is 0.0602 e. The molecule has 1 fully saturated rings. The number of hydrogen-bond donors (Lipinski definition) is 0. The zero-order chi connectivity index (χ0) is 14.7. The van der Waals surface area contributed by atoms with Gasteiger partial charge in [0.05, 0.1) is 6.04 Å². The van der Waals surface area contributed by atoms with Gasteiger partial charge in [0.2, 0.25) is 0 Å². The molecular formula is C18H19Cl2N. The normalized spacial score (nSPS) is 16.3. The van der Waals surface area contributed by atoms with Crippen molar-refractivity contribution in [2.45, 2.75) is 25.3 Å². The molecule has 0 bridgehead atoms. The van der Waals surface area contributed by atoms with Crippen molar-refractivity contribution in [2.24, 2.45) is 0 Å². The fourth-order valence-electron chi connectivity index (χ4n) is 3.14. The maximum absolute atomic E-state index is 6.20. The third-order valence-electron chi connectivity index (χ3n) is 4.08. The molecule has 0 aromatic heterocycles. The average molecular weight is 320 g/mol. The van der Waals surface area contributed by atoms with Crippen molar-refractivity contribution < 1.29 is 0 Å². The molecule has 0 radical (unpaired) electrons. The van der Waals surface area contributed by atoms with Crippen LogP contribution in [0.15, 0.2) is 48.5 Å². The van der Waals surface area contributed by atoms with E-state index in [0.29, 0.717) is 0 Å². The van der Waals surface area contributed by atoms with Gasteiger partial charge in [-0.05, 0) is 61.3 Å². The van der Waals surface area contributed by atoms with E-state index in [4.69, 9.17) is 23.2 Å². The fourth-order valence-corrected chi connectivity index (χ4v) is 3.54. The second-order valence-electron chi connectivity index (χ2n) is 5.61. The molecule has 0 N–H and O–H groups in total. The lowest BCUT2D eigenvalue weighted by Crippen LogP contribution is -2.34. The standard InChI is InChI=1S/C18H19Cl2N/c19-16-8-4-6-14(12-16)18(21-10-2-1-3-11-21)15-7-5-9-17(20)13-15/h4-9,12-13,18H,1-3,10-11H2. The summed E-state index contributed by atoms with van der Waals surface area (Å²) in [5, 5.41) is 1.58. The average Bonchev–Trinajstić information content (AvgIpc) is 2.49. The highest BCUT2D eigenvalue weighted by molar-refractivity contribution is 6.31. The second kappa shape index (κ2) is 6.83. The molecule has 110 valence electrons. The minimum atomic E-state index is 0.239. The van der Waals surface area contributed by atoms with Crippen molar-refractivity contribution in [3.63, 3.8) is 0 Å². The molecule has 1 saturated heterocycles. The monoisotopic (exact) mass is 319 g/mol. The van der Waals surface area contributed by atoms with Crippen LogP contribution in [0.4, 0.5) is 0 Å². The van der Waals surface area contributed by atoms with E-state index in [1.54, 1.807) is 0 Å². The van der Waals surface area contributed by atoms with Gasteiger partial charge in [-0.25, -0.2) is 0 Å². The molecule has 2 aromatic rings. The van der Waals surface area contributed by atoms with Gasteiger partial charge in [0.1, 0.15) is 0 Å². The Kier molecular flexibility index (Phi) is 4.84. The molecule has 0 aliphatic carbocycles. The van der Waals surface area contributed by atoms with Gasteiger partial charge < -0.3 is 0 Å². The predicted molar refractivity (Wildman–Crippen MR) is 90.2 cm³/mol. The first-order chi connectivity index (χ1) is 10.2. The summed E-state index contributed by atoms with van der Waals surface area (Å²) in [7, 11) is 0. The van der Waals surface area contributed by atoms with E-state index >= 15 is 0 Å². The van der Waals surface area contributed by atoms with Crippen molar-refractivity contribution >= 4 is 23.2 Å². The lowest BCUT2D eigenvalue weighted by molar-refractivity contribution is 0.187. The molecule has 1 nitrogen and oxygen atoms in total. The summed E-state index contributed by atoms with van der Waals surface area (Å²) in [6, 6.07) is 16.6. The van der Waals surface area contributed by atoms with Gasteiger partial charge in [0, 0.05) is 10.0 Å². The third kappa shape index (κ3) is 3.60.